The van der Waals surface area contributed by atoms with Crippen LogP contribution in [-0.4, -0.2) is 33.7 Å². The summed E-state index contributed by atoms with van der Waals surface area (Å²) in [6.07, 6.45) is 0. The smallest absolute Gasteiger partial charge is 0.275 e. The van der Waals surface area contributed by atoms with Crippen LogP contribution in [0.2, 0.25) is 0 Å². The van der Waals surface area contributed by atoms with E-state index in [2.05, 4.69) is 11.7 Å². The Labute approximate surface area is 136 Å². The van der Waals surface area contributed by atoms with Gasteiger partial charge in [0.25, 0.3) is 11.5 Å². The Kier molecular flexibility index (Phi) is 4.98. The molecule has 2 rings (SSSR count). The monoisotopic (exact) mass is 313 g/mol. The van der Waals surface area contributed by atoms with Gasteiger partial charge in [-0.25, -0.2) is 4.68 Å². The van der Waals surface area contributed by atoms with Crippen molar-refractivity contribution in [2.75, 3.05) is 13.1 Å². The van der Waals surface area contributed by atoms with Gasteiger partial charge in [-0.2, -0.15) is 5.10 Å². The molecule has 0 saturated carbocycles. The maximum atomic E-state index is 12.9. The minimum atomic E-state index is -0.180. The van der Waals surface area contributed by atoms with Crippen LogP contribution in [0.5, 0.6) is 0 Å². The van der Waals surface area contributed by atoms with E-state index in [-0.39, 0.29) is 17.5 Å². The van der Waals surface area contributed by atoms with Crippen LogP contribution in [-0.2, 0) is 0 Å². The molecule has 0 spiro atoms. The number of carbonyl (C=O) groups excluding carboxylic acids is 1. The molecule has 0 aliphatic heterocycles. The SMILES string of the molecule is C=C(C)CN(CC)C(=O)c1nn(C(C)C)c(=O)c2ccccc12. The van der Waals surface area contributed by atoms with Crippen LogP contribution in [0.1, 0.15) is 44.2 Å². The number of nitrogens with zero attached hydrogens (tertiary/aromatic N) is 3. The molecule has 0 radical (unpaired) electrons. The Morgan fingerprint density at radius 2 is 1.91 bits per heavy atom. The van der Waals surface area contributed by atoms with Crippen LogP contribution in [0.4, 0.5) is 0 Å². The Morgan fingerprint density at radius 1 is 1.30 bits per heavy atom. The fourth-order valence-electron chi connectivity index (χ4n) is 2.52. The van der Waals surface area contributed by atoms with Gasteiger partial charge in [-0.3, -0.25) is 9.59 Å². The molecule has 23 heavy (non-hydrogen) atoms. The van der Waals surface area contributed by atoms with Crippen molar-refractivity contribution in [3.05, 3.63) is 52.5 Å². The van der Waals surface area contributed by atoms with Crippen molar-refractivity contribution in [1.29, 1.82) is 0 Å². The number of fused-ring (bicyclic) bond motifs is 1. The molecule has 122 valence electrons. The highest BCUT2D eigenvalue weighted by molar-refractivity contribution is 6.04. The zero-order valence-corrected chi connectivity index (χ0v) is 14.2. The molecular formula is C18H23N3O2. The van der Waals surface area contributed by atoms with Crippen LogP contribution in [0.3, 0.4) is 0 Å². The summed E-state index contributed by atoms with van der Waals surface area (Å²) in [5.41, 5.74) is 1.05. The molecule has 2 aromatic rings. The van der Waals surface area contributed by atoms with E-state index in [0.717, 1.165) is 5.57 Å². The molecule has 0 bridgehead atoms. The average Bonchev–Trinajstić information content (AvgIpc) is 2.52. The first-order valence-electron chi connectivity index (χ1n) is 7.82. The number of carbonyl (C=O) groups is 1. The number of hydrogen-bond acceptors (Lipinski definition) is 3. The topological polar surface area (TPSA) is 55.2 Å². The summed E-state index contributed by atoms with van der Waals surface area (Å²) < 4.78 is 1.38. The maximum absolute atomic E-state index is 12.9. The predicted octanol–water partition coefficient (Wildman–Crippen LogP) is 3.02. The number of benzene rings is 1. The Bertz CT molecular complexity index is 806. The van der Waals surface area contributed by atoms with Crippen molar-refractivity contribution >= 4 is 16.7 Å². The molecule has 1 aromatic carbocycles. The van der Waals surface area contributed by atoms with Crippen molar-refractivity contribution in [2.45, 2.75) is 33.7 Å². The summed E-state index contributed by atoms with van der Waals surface area (Å²) in [5.74, 6) is -0.180. The molecule has 0 saturated heterocycles. The van der Waals surface area contributed by atoms with Crippen molar-refractivity contribution in [1.82, 2.24) is 14.7 Å². The van der Waals surface area contributed by atoms with E-state index in [1.165, 1.54) is 4.68 Å². The van der Waals surface area contributed by atoms with Crippen LogP contribution >= 0.6 is 0 Å². The van der Waals surface area contributed by atoms with Gasteiger partial charge < -0.3 is 4.90 Å². The van der Waals surface area contributed by atoms with E-state index in [9.17, 15) is 9.59 Å². The summed E-state index contributed by atoms with van der Waals surface area (Å²) in [7, 11) is 0. The van der Waals surface area contributed by atoms with E-state index in [0.29, 0.717) is 29.6 Å². The van der Waals surface area contributed by atoms with E-state index in [1.54, 1.807) is 23.1 Å². The molecular weight excluding hydrogens is 290 g/mol. The van der Waals surface area contributed by atoms with Gasteiger partial charge in [0.05, 0.1) is 11.4 Å². The van der Waals surface area contributed by atoms with E-state index >= 15 is 0 Å². The number of amides is 1. The normalized spacial score (nSPS) is 11.0. The average molecular weight is 313 g/mol. The molecule has 5 heteroatoms. The lowest BCUT2D eigenvalue weighted by Gasteiger charge is -2.22. The standard InChI is InChI=1S/C18H23N3O2/c1-6-20(11-12(2)3)18(23)16-14-9-7-8-10-15(14)17(22)21(19-16)13(4)5/h7-10,13H,2,6,11H2,1,3-5H3. The zero-order chi connectivity index (χ0) is 17.1. The predicted molar refractivity (Wildman–Crippen MR) is 92.8 cm³/mol. The van der Waals surface area contributed by atoms with Crippen LogP contribution in [0.15, 0.2) is 41.2 Å². The third-order valence-electron chi connectivity index (χ3n) is 3.65. The molecule has 0 N–H and O–H groups in total. The second-order valence-electron chi connectivity index (χ2n) is 6.01. The van der Waals surface area contributed by atoms with Gasteiger partial charge in [0.1, 0.15) is 0 Å². The molecule has 0 fully saturated rings. The van der Waals surface area contributed by atoms with Crippen LogP contribution < -0.4 is 5.56 Å². The molecule has 1 amide bonds. The molecule has 0 unspecified atom stereocenters. The Morgan fingerprint density at radius 3 is 2.43 bits per heavy atom. The first kappa shape index (κ1) is 16.9. The quantitative estimate of drug-likeness (QED) is 0.797. The number of aromatic nitrogens is 2. The van der Waals surface area contributed by atoms with Crippen molar-refractivity contribution in [3.8, 4) is 0 Å². The van der Waals surface area contributed by atoms with Crippen LogP contribution in [0, 0.1) is 0 Å². The molecule has 5 nitrogen and oxygen atoms in total. The van der Waals surface area contributed by atoms with Gasteiger partial charge >= 0.3 is 0 Å². The third kappa shape index (κ3) is 3.33. The second kappa shape index (κ2) is 6.77. The van der Waals surface area contributed by atoms with E-state index in [4.69, 9.17) is 0 Å². The lowest BCUT2D eigenvalue weighted by atomic mass is 10.1. The summed E-state index contributed by atoms with van der Waals surface area (Å²) >= 11 is 0. The number of likely N-dealkylation sites (N-methyl/N-ethyl adjacent to an activating group) is 1. The third-order valence-corrected chi connectivity index (χ3v) is 3.65. The molecule has 0 aliphatic rings. The highest BCUT2D eigenvalue weighted by Crippen LogP contribution is 2.17. The summed E-state index contributed by atoms with van der Waals surface area (Å²) in [6.45, 7) is 12.5. The van der Waals surface area contributed by atoms with Gasteiger partial charge in [0.2, 0.25) is 0 Å². The maximum Gasteiger partial charge on any atom is 0.275 e. The second-order valence-corrected chi connectivity index (χ2v) is 6.01. The van der Waals surface area contributed by atoms with Crippen molar-refractivity contribution < 1.29 is 4.79 Å². The summed E-state index contributed by atoms with van der Waals surface area (Å²) in [6, 6.07) is 7.01. The first-order chi connectivity index (χ1) is 10.9. The molecule has 0 atom stereocenters. The van der Waals surface area contributed by atoms with E-state index in [1.807, 2.05) is 33.8 Å². The van der Waals surface area contributed by atoms with Gasteiger partial charge in [0.15, 0.2) is 5.69 Å². The number of rotatable bonds is 5. The Balaban J connectivity index is 2.68. The lowest BCUT2D eigenvalue weighted by Crippen LogP contribution is -2.35. The number of hydrogen-bond donors (Lipinski definition) is 0. The zero-order valence-electron chi connectivity index (χ0n) is 14.2. The molecule has 1 heterocycles. The lowest BCUT2D eigenvalue weighted by molar-refractivity contribution is 0.0771. The van der Waals surface area contributed by atoms with Gasteiger partial charge in [0, 0.05) is 18.5 Å². The first-order valence-corrected chi connectivity index (χ1v) is 7.82. The minimum absolute atomic E-state index is 0.116. The fourth-order valence-corrected chi connectivity index (χ4v) is 2.52. The summed E-state index contributed by atoms with van der Waals surface area (Å²) in [4.78, 5) is 27.1. The highest BCUT2D eigenvalue weighted by atomic mass is 16.2. The van der Waals surface area contributed by atoms with Gasteiger partial charge in [-0.15, -0.1) is 0 Å². The highest BCUT2D eigenvalue weighted by Gasteiger charge is 2.21. The largest absolute Gasteiger partial charge is 0.334 e. The van der Waals surface area contributed by atoms with Crippen LogP contribution in [0.25, 0.3) is 10.8 Å². The molecule has 0 aliphatic carbocycles. The van der Waals surface area contributed by atoms with Crippen molar-refractivity contribution in [2.24, 2.45) is 0 Å². The Hall–Kier alpha value is -2.43. The van der Waals surface area contributed by atoms with E-state index < -0.39 is 0 Å². The van der Waals surface area contributed by atoms with Crippen molar-refractivity contribution in [3.63, 3.8) is 0 Å². The summed E-state index contributed by atoms with van der Waals surface area (Å²) in [5, 5.41) is 5.48. The van der Waals surface area contributed by atoms with Gasteiger partial charge in [-0.05, 0) is 33.8 Å². The van der Waals surface area contributed by atoms with Gasteiger partial charge in [-0.1, -0.05) is 30.4 Å². The molecule has 1 aromatic heterocycles. The fraction of sp³-hybridized carbons (Fsp3) is 0.389. The minimum Gasteiger partial charge on any atom is -0.334 e.